The third-order valence-corrected chi connectivity index (χ3v) is 4.06. The monoisotopic (exact) mass is 225 g/mol. The molecule has 0 saturated heterocycles. The summed E-state index contributed by atoms with van der Waals surface area (Å²) in [5, 5.41) is 0. The number of hydrogen-bond acceptors (Lipinski definition) is 3. The Morgan fingerprint density at radius 1 is 1.40 bits per heavy atom. The Bertz CT molecular complexity index is 475. The SMILES string of the molecule is CCS(=O)(=O)C(=CN)c1ccccc1C. The van der Waals surface area contributed by atoms with E-state index in [-0.39, 0.29) is 10.7 Å². The van der Waals surface area contributed by atoms with Crippen LogP contribution in [0.1, 0.15) is 18.1 Å². The molecule has 0 aromatic heterocycles. The van der Waals surface area contributed by atoms with Crippen LogP contribution in [0.5, 0.6) is 0 Å². The number of benzene rings is 1. The van der Waals surface area contributed by atoms with E-state index in [0.717, 1.165) is 5.56 Å². The van der Waals surface area contributed by atoms with Crippen LogP contribution >= 0.6 is 0 Å². The van der Waals surface area contributed by atoms with E-state index < -0.39 is 9.84 Å². The van der Waals surface area contributed by atoms with Gasteiger partial charge in [0.1, 0.15) is 0 Å². The summed E-state index contributed by atoms with van der Waals surface area (Å²) in [6.07, 6.45) is 1.17. The highest BCUT2D eigenvalue weighted by atomic mass is 32.2. The number of aryl methyl sites for hydroxylation is 1. The average Bonchev–Trinajstić information content (AvgIpc) is 2.21. The fraction of sp³-hybridized carbons (Fsp3) is 0.273. The fourth-order valence-corrected chi connectivity index (χ4v) is 2.45. The lowest BCUT2D eigenvalue weighted by Crippen LogP contribution is -2.08. The Labute approximate surface area is 90.5 Å². The summed E-state index contributed by atoms with van der Waals surface area (Å²) >= 11 is 0. The molecule has 0 bridgehead atoms. The first-order valence-corrected chi connectivity index (χ1v) is 6.38. The van der Waals surface area contributed by atoms with Gasteiger partial charge in [-0.15, -0.1) is 0 Å². The van der Waals surface area contributed by atoms with Crippen LogP contribution in [0, 0.1) is 6.92 Å². The number of sulfone groups is 1. The molecule has 0 fully saturated rings. The maximum atomic E-state index is 11.7. The quantitative estimate of drug-likeness (QED) is 0.851. The molecule has 1 rings (SSSR count). The van der Waals surface area contributed by atoms with Gasteiger partial charge in [0, 0.05) is 6.20 Å². The molecule has 0 unspecified atom stereocenters. The van der Waals surface area contributed by atoms with E-state index in [1.807, 2.05) is 19.1 Å². The Balaban J connectivity index is 3.35. The molecule has 4 heteroatoms. The molecule has 0 aliphatic carbocycles. The van der Waals surface area contributed by atoms with Gasteiger partial charge in [-0.05, 0) is 18.1 Å². The van der Waals surface area contributed by atoms with E-state index in [1.54, 1.807) is 19.1 Å². The van der Waals surface area contributed by atoms with Gasteiger partial charge in [-0.3, -0.25) is 0 Å². The maximum absolute atomic E-state index is 11.7. The molecule has 0 heterocycles. The van der Waals surface area contributed by atoms with Gasteiger partial charge in [-0.2, -0.15) is 0 Å². The standard InChI is InChI=1S/C11H15NO2S/c1-3-15(13,14)11(8-12)10-7-5-4-6-9(10)2/h4-8H,3,12H2,1-2H3. The molecule has 0 radical (unpaired) electrons. The van der Waals surface area contributed by atoms with E-state index >= 15 is 0 Å². The van der Waals surface area contributed by atoms with E-state index in [4.69, 9.17) is 5.73 Å². The zero-order valence-corrected chi connectivity index (χ0v) is 9.71. The van der Waals surface area contributed by atoms with Gasteiger partial charge in [0.25, 0.3) is 0 Å². The van der Waals surface area contributed by atoms with Crippen molar-refractivity contribution in [2.24, 2.45) is 5.73 Å². The van der Waals surface area contributed by atoms with Crippen molar-refractivity contribution < 1.29 is 8.42 Å². The van der Waals surface area contributed by atoms with Crippen molar-refractivity contribution in [3.8, 4) is 0 Å². The average molecular weight is 225 g/mol. The van der Waals surface area contributed by atoms with Crippen LogP contribution in [-0.4, -0.2) is 14.2 Å². The number of nitrogens with two attached hydrogens (primary N) is 1. The van der Waals surface area contributed by atoms with Crippen molar-refractivity contribution in [3.63, 3.8) is 0 Å². The minimum Gasteiger partial charge on any atom is -0.404 e. The Morgan fingerprint density at radius 3 is 2.47 bits per heavy atom. The lowest BCUT2D eigenvalue weighted by atomic mass is 10.1. The number of rotatable bonds is 3. The fourth-order valence-electron chi connectivity index (χ4n) is 1.37. The molecule has 0 spiro atoms. The van der Waals surface area contributed by atoms with Crippen LogP contribution in [0.4, 0.5) is 0 Å². The molecule has 0 aliphatic heterocycles. The lowest BCUT2D eigenvalue weighted by molar-refractivity contribution is 0.607. The second kappa shape index (κ2) is 4.49. The van der Waals surface area contributed by atoms with Crippen molar-refractivity contribution in [2.45, 2.75) is 13.8 Å². The van der Waals surface area contributed by atoms with E-state index in [9.17, 15) is 8.42 Å². The second-order valence-corrected chi connectivity index (χ2v) is 5.50. The van der Waals surface area contributed by atoms with Crippen LogP contribution in [0.15, 0.2) is 30.5 Å². The van der Waals surface area contributed by atoms with Crippen molar-refractivity contribution >= 4 is 14.7 Å². The summed E-state index contributed by atoms with van der Waals surface area (Å²) in [5.41, 5.74) is 6.98. The molecule has 15 heavy (non-hydrogen) atoms. The van der Waals surface area contributed by atoms with Crippen LogP contribution in [0.3, 0.4) is 0 Å². The maximum Gasteiger partial charge on any atom is 0.180 e. The molecule has 3 nitrogen and oxygen atoms in total. The molecule has 0 atom stereocenters. The highest BCUT2D eigenvalue weighted by Crippen LogP contribution is 2.23. The van der Waals surface area contributed by atoms with Gasteiger partial charge in [0.15, 0.2) is 9.84 Å². The van der Waals surface area contributed by atoms with Crippen LogP contribution in [0.2, 0.25) is 0 Å². The first-order chi connectivity index (χ1) is 7.03. The van der Waals surface area contributed by atoms with Gasteiger partial charge in [0.05, 0.1) is 10.7 Å². The minimum atomic E-state index is -3.25. The smallest absolute Gasteiger partial charge is 0.180 e. The predicted octanol–water partition coefficient (Wildman–Crippen LogP) is 1.69. The highest BCUT2D eigenvalue weighted by molar-refractivity contribution is 8.00. The lowest BCUT2D eigenvalue weighted by Gasteiger charge is -2.09. The molecular formula is C11H15NO2S. The minimum absolute atomic E-state index is 0.0599. The first kappa shape index (κ1) is 11.8. The van der Waals surface area contributed by atoms with Gasteiger partial charge in [-0.1, -0.05) is 31.2 Å². The third kappa shape index (κ3) is 2.39. The molecule has 0 amide bonds. The zero-order valence-electron chi connectivity index (χ0n) is 8.90. The first-order valence-electron chi connectivity index (χ1n) is 4.73. The molecule has 1 aromatic rings. The summed E-state index contributed by atoms with van der Waals surface area (Å²) in [5.74, 6) is 0.0599. The second-order valence-electron chi connectivity index (χ2n) is 3.25. The largest absolute Gasteiger partial charge is 0.404 e. The Hall–Kier alpha value is -1.29. The Morgan fingerprint density at radius 2 is 2.00 bits per heavy atom. The molecule has 2 N–H and O–H groups in total. The zero-order chi connectivity index (χ0) is 11.5. The van der Waals surface area contributed by atoms with Crippen LogP contribution in [-0.2, 0) is 9.84 Å². The van der Waals surface area contributed by atoms with Crippen LogP contribution < -0.4 is 5.73 Å². The third-order valence-electron chi connectivity index (χ3n) is 2.28. The topological polar surface area (TPSA) is 60.2 Å². The molecule has 0 aliphatic rings. The van der Waals surface area contributed by atoms with Gasteiger partial charge in [0.2, 0.25) is 0 Å². The van der Waals surface area contributed by atoms with E-state index in [1.165, 1.54) is 6.20 Å². The van der Waals surface area contributed by atoms with E-state index in [0.29, 0.717) is 5.56 Å². The summed E-state index contributed by atoms with van der Waals surface area (Å²) in [6, 6.07) is 7.30. The predicted molar refractivity (Wildman–Crippen MR) is 62.8 cm³/mol. The molecule has 82 valence electrons. The molecule has 0 saturated carbocycles. The molecular weight excluding hydrogens is 210 g/mol. The highest BCUT2D eigenvalue weighted by Gasteiger charge is 2.18. The summed E-state index contributed by atoms with van der Waals surface area (Å²) < 4.78 is 23.5. The number of hydrogen-bond donors (Lipinski definition) is 1. The summed E-state index contributed by atoms with van der Waals surface area (Å²) in [4.78, 5) is 0.211. The Kier molecular flexibility index (Phi) is 3.52. The van der Waals surface area contributed by atoms with Gasteiger partial charge in [-0.25, -0.2) is 8.42 Å². The van der Waals surface area contributed by atoms with Crippen LogP contribution in [0.25, 0.3) is 4.91 Å². The van der Waals surface area contributed by atoms with E-state index in [2.05, 4.69) is 0 Å². The van der Waals surface area contributed by atoms with Crippen molar-refractivity contribution in [2.75, 3.05) is 5.75 Å². The van der Waals surface area contributed by atoms with Crippen molar-refractivity contribution in [1.29, 1.82) is 0 Å². The van der Waals surface area contributed by atoms with Crippen molar-refractivity contribution in [1.82, 2.24) is 0 Å². The molecule has 1 aromatic carbocycles. The normalized spacial score (nSPS) is 12.8. The van der Waals surface area contributed by atoms with Gasteiger partial charge < -0.3 is 5.73 Å². The van der Waals surface area contributed by atoms with Crippen molar-refractivity contribution in [3.05, 3.63) is 41.6 Å². The van der Waals surface area contributed by atoms with Gasteiger partial charge >= 0.3 is 0 Å². The summed E-state index contributed by atoms with van der Waals surface area (Å²) in [7, 11) is -3.25. The summed E-state index contributed by atoms with van der Waals surface area (Å²) in [6.45, 7) is 3.47.